The van der Waals surface area contributed by atoms with E-state index in [1.54, 1.807) is 0 Å². The number of alkyl carbamates (subject to hydrolysis) is 1. The van der Waals surface area contributed by atoms with Crippen LogP contribution in [0.1, 0.15) is 24.8 Å². The summed E-state index contributed by atoms with van der Waals surface area (Å²) in [6, 6.07) is 22.2. The second-order valence-electron chi connectivity index (χ2n) is 8.75. The van der Waals surface area contributed by atoms with Gasteiger partial charge in [-0.05, 0) is 35.6 Å². The lowest BCUT2D eigenvalue weighted by Gasteiger charge is -2.17. The topological polar surface area (TPSA) is 153 Å². The summed E-state index contributed by atoms with van der Waals surface area (Å²) in [7, 11) is -3.79. The zero-order valence-electron chi connectivity index (χ0n) is 21.0. The molecule has 39 heavy (non-hydrogen) atoms. The number of nitrogens with two attached hydrogens (primary N) is 1. The minimum Gasteiger partial charge on any atom is -0.445 e. The van der Waals surface area contributed by atoms with Crippen molar-refractivity contribution < 1.29 is 22.7 Å². The summed E-state index contributed by atoms with van der Waals surface area (Å²) >= 11 is 1.28. The van der Waals surface area contributed by atoms with Crippen LogP contribution in [0.3, 0.4) is 0 Å². The van der Waals surface area contributed by atoms with E-state index in [0.29, 0.717) is 18.0 Å². The molecule has 0 aliphatic rings. The summed E-state index contributed by atoms with van der Waals surface area (Å²) in [6.07, 6.45) is 0.375. The Hall–Kier alpha value is -3.84. The maximum atomic E-state index is 13.2. The van der Waals surface area contributed by atoms with Crippen molar-refractivity contribution in [3.63, 3.8) is 0 Å². The van der Waals surface area contributed by atoms with Gasteiger partial charge in [0.2, 0.25) is 5.91 Å². The number of anilines is 1. The zero-order valence-corrected chi connectivity index (χ0v) is 22.6. The van der Waals surface area contributed by atoms with E-state index in [2.05, 4.69) is 20.3 Å². The van der Waals surface area contributed by atoms with Crippen LogP contribution in [-0.2, 0) is 26.3 Å². The molecule has 1 atom stereocenters. The van der Waals surface area contributed by atoms with Gasteiger partial charge in [0, 0.05) is 17.5 Å². The van der Waals surface area contributed by atoms with Gasteiger partial charge >= 0.3 is 6.09 Å². The highest BCUT2D eigenvalue weighted by Crippen LogP contribution is 2.31. The molecule has 0 aliphatic heterocycles. The first-order valence-electron chi connectivity index (χ1n) is 12.3. The van der Waals surface area contributed by atoms with Gasteiger partial charge in [-0.1, -0.05) is 72.8 Å². The number of unbranched alkanes of at least 4 members (excludes halogenated alkanes) is 1. The molecule has 3 aromatic carbocycles. The third kappa shape index (κ3) is 8.58. The summed E-state index contributed by atoms with van der Waals surface area (Å²) < 4.78 is 29.6. The van der Waals surface area contributed by atoms with Crippen LogP contribution in [0.25, 0.3) is 22.0 Å². The maximum Gasteiger partial charge on any atom is 0.408 e. The summed E-state index contributed by atoms with van der Waals surface area (Å²) in [5.41, 5.74) is 2.49. The average molecular weight is 568 g/mol. The molecule has 0 saturated carbocycles. The molecule has 0 spiro atoms. The number of carbonyl (C=O) groups excluding carboxylic acids is 2. The van der Waals surface area contributed by atoms with E-state index >= 15 is 0 Å². The Bertz CT molecular complexity index is 1520. The molecule has 12 heteroatoms. The smallest absolute Gasteiger partial charge is 0.408 e. The zero-order chi connectivity index (χ0) is 27.7. The van der Waals surface area contributed by atoms with Crippen molar-refractivity contribution in [1.29, 1.82) is 0 Å². The van der Waals surface area contributed by atoms with E-state index < -0.39 is 28.3 Å². The predicted molar refractivity (Wildman–Crippen MR) is 152 cm³/mol. The van der Waals surface area contributed by atoms with Gasteiger partial charge in [-0.15, -0.1) is 11.3 Å². The summed E-state index contributed by atoms with van der Waals surface area (Å²) in [5.74, 6) is -0.454. The van der Waals surface area contributed by atoms with Gasteiger partial charge < -0.3 is 15.4 Å². The first kappa shape index (κ1) is 28.2. The van der Waals surface area contributed by atoms with E-state index in [-0.39, 0.29) is 19.6 Å². The predicted octanol–water partition coefficient (Wildman–Crippen LogP) is 4.16. The summed E-state index contributed by atoms with van der Waals surface area (Å²) in [4.78, 5) is 30.2. The number of fused-ring (bicyclic) bond motifs is 1. The summed E-state index contributed by atoms with van der Waals surface area (Å²) in [5, 5.41) is 14.8. The van der Waals surface area contributed by atoms with Crippen molar-refractivity contribution >= 4 is 49.5 Å². The molecule has 0 saturated heterocycles. The Morgan fingerprint density at radius 2 is 1.72 bits per heavy atom. The number of aromatic nitrogens is 1. The minimum atomic E-state index is -3.79. The molecule has 1 unspecified atom stereocenters. The number of benzene rings is 3. The fourth-order valence-electron chi connectivity index (χ4n) is 3.96. The first-order chi connectivity index (χ1) is 18.8. The molecule has 4 aromatic rings. The van der Waals surface area contributed by atoms with Crippen LogP contribution in [0.2, 0.25) is 0 Å². The van der Waals surface area contributed by atoms with Crippen LogP contribution < -0.4 is 20.5 Å². The van der Waals surface area contributed by atoms with Gasteiger partial charge in [0.25, 0.3) is 10.2 Å². The molecular formula is C27H29N5O5S2. The maximum absolute atomic E-state index is 13.2. The van der Waals surface area contributed by atoms with E-state index in [9.17, 15) is 18.0 Å². The van der Waals surface area contributed by atoms with Crippen LogP contribution >= 0.6 is 11.3 Å². The third-order valence-corrected chi connectivity index (χ3v) is 7.21. The van der Waals surface area contributed by atoms with Crippen molar-refractivity contribution in [1.82, 2.24) is 15.0 Å². The Labute approximate surface area is 230 Å². The van der Waals surface area contributed by atoms with E-state index in [1.165, 1.54) is 11.3 Å². The van der Waals surface area contributed by atoms with E-state index in [0.717, 1.165) is 27.6 Å². The number of nitrogens with one attached hydrogen (secondary N) is 3. The van der Waals surface area contributed by atoms with Crippen LogP contribution in [0.5, 0.6) is 0 Å². The highest BCUT2D eigenvalue weighted by atomic mass is 32.2. The van der Waals surface area contributed by atoms with Crippen molar-refractivity contribution in [2.24, 2.45) is 5.14 Å². The molecule has 0 radical (unpaired) electrons. The Kier molecular flexibility index (Phi) is 9.60. The van der Waals surface area contributed by atoms with Gasteiger partial charge in [-0.25, -0.2) is 19.6 Å². The molecule has 1 heterocycles. The summed E-state index contributed by atoms with van der Waals surface area (Å²) in [6.45, 7) is 0.173. The number of hydrogen-bond acceptors (Lipinski definition) is 7. The highest BCUT2D eigenvalue weighted by molar-refractivity contribution is 7.87. The largest absolute Gasteiger partial charge is 0.445 e. The number of hydrogen-bond donors (Lipinski definition) is 4. The lowest BCUT2D eigenvalue weighted by molar-refractivity contribution is -0.118. The number of thiazole rings is 1. The van der Waals surface area contributed by atoms with Crippen molar-refractivity contribution in [2.45, 2.75) is 31.9 Å². The molecular weight excluding hydrogens is 538 g/mol. The third-order valence-electron chi connectivity index (χ3n) is 5.84. The lowest BCUT2D eigenvalue weighted by Crippen LogP contribution is -2.44. The normalized spacial score (nSPS) is 12.1. The van der Waals surface area contributed by atoms with Gasteiger partial charge in [0.1, 0.15) is 12.6 Å². The molecule has 0 fully saturated rings. The average Bonchev–Trinajstić information content (AvgIpc) is 3.38. The van der Waals surface area contributed by atoms with Gasteiger partial charge in [-0.2, -0.15) is 8.42 Å². The van der Waals surface area contributed by atoms with Crippen LogP contribution in [0.4, 0.5) is 9.93 Å². The molecule has 0 aliphatic carbocycles. The molecule has 10 nitrogen and oxygen atoms in total. The lowest BCUT2D eigenvalue weighted by atomic mass is 10.0. The number of ether oxygens (including phenoxy) is 1. The fraction of sp³-hybridized carbons (Fsp3) is 0.222. The molecule has 204 valence electrons. The fourth-order valence-corrected chi connectivity index (χ4v) is 5.10. The minimum absolute atomic E-state index is 0.0557. The number of carbonyl (C=O) groups is 2. The Morgan fingerprint density at radius 1 is 0.974 bits per heavy atom. The number of rotatable bonds is 12. The molecule has 1 aromatic heterocycles. The number of amides is 2. The van der Waals surface area contributed by atoms with E-state index in [1.807, 2.05) is 78.2 Å². The van der Waals surface area contributed by atoms with Gasteiger partial charge in [0.05, 0.1) is 5.69 Å². The molecule has 0 bridgehead atoms. The molecule has 4 rings (SSSR count). The van der Waals surface area contributed by atoms with Gasteiger partial charge in [-0.3, -0.25) is 4.79 Å². The second kappa shape index (κ2) is 13.3. The SMILES string of the molecule is NS(=O)(=O)NCCCCC(NC(=O)OCc1ccccc1)C(=O)Nc1nc(-c2cccc3ccccc23)cs1. The van der Waals surface area contributed by atoms with Crippen molar-refractivity contribution in [3.8, 4) is 11.3 Å². The highest BCUT2D eigenvalue weighted by Gasteiger charge is 2.23. The molecule has 5 N–H and O–H groups in total. The number of nitrogens with zero attached hydrogens (tertiary/aromatic N) is 1. The second-order valence-corrected chi connectivity index (χ2v) is 11.0. The first-order valence-corrected chi connectivity index (χ1v) is 14.7. The molecule has 2 amide bonds. The van der Waals surface area contributed by atoms with E-state index in [4.69, 9.17) is 9.88 Å². The van der Waals surface area contributed by atoms with Crippen LogP contribution in [-0.4, -0.2) is 38.0 Å². The van der Waals surface area contributed by atoms with Gasteiger partial charge in [0.15, 0.2) is 5.13 Å². The standard InChI is InChI=1S/C27H29N5O5S2/c28-39(35,36)29-16-7-6-15-23(31-27(34)37-17-19-9-2-1-3-10-19)25(33)32-26-30-24(18-38-26)22-14-8-12-20-11-4-5-13-21(20)22/h1-5,8-14,18,23,29H,6-7,15-17H2,(H,31,34)(H2,28,35,36)(H,30,32,33). The monoisotopic (exact) mass is 567 g/mol. The van der Waals surface area contributed by atoms with Crippen molar-refractivity contribution in [3.05, 3.63) is 83.7 Å². The quantitative estimate of drug-likeness (QED) is 0.189. The van der Waals surface area contributed by atoms with Crippen LogP contribution in [0, 0.1) is 0 Å². The van der Waals surface area contributed by atoms with Crippen molar-refractivity contribution in [2.75, 3.05) is 11.9 Å². The Morgan fingerprint density at radius 3 is 2.51 bits per heavy atom. The van der Waals surface area contributed by atoms with Crippen LogP contribution in [0.15, 0.2) is 78.2 Å². The Balaban J connectivity index is 1.41.